The second-order valence-corrected chi connectivity index (χ2v) is 5.30. The molecule has 1 aliphatic rings. The van der Waals surface area contributed by atoms with Crippen molar-refractivity contribution < 1.29 is 4.74 Å². The summed E-state index contributed by atoms with van der Waals surface area (Å²) in [4.78, 5) is 6.85. The highest BCUT2D eigenvalue weighted by molar-refractivity contribution is 5.91. The highest BCUT2D eigenvalue weighted by atomic mass is 16.5. The van der Waals surface area contributed by atoms with Gasteiger partial charge in [-0.05, 0) is 24.6 Å². The summed E-state index contributed by atoms with van der Waals surface area (Å²) >= 11 is 0. The number of likely N-dealkylation sites (N-methyl/N-ethyl adjacent to an activating group) is 1. The topological polar surface area (TPSA) is 50.9 Å². The van der Waals surface area contributed by atoms with Crippen LogP contribution in [0.1, 0.15) is 12.5 Å². The molecule has 0 spiro atoms. The Morgan fingerprint density at radius 3 is 2.71 bits per heavy atom. The fourth-order valence-corrected chi connectivity index (χ4v) is 2.51. The van der Waals surface area contributed by atoms with Gasteiger partial charge in [-0.15, -0.1) is 0 Å². The molecular weight excluding hydrogens is 262 g/mol. The minimum Gasteiger partial charge on any atom is -0.480 e. The Labute approximate surface area is 124 Å². The van der Waals surface area contributed by atoms with Crippen molar-refractivity contribution in [2.24, 2.45) is 4.99 Å². The number of anilines is 1. The number of aliphatic imine (C=N–C) groups is 1. The first-order valence-electron chi connectivity index (χ1n) is 7.03. The Morgan fingerprint density at radius 1 is 1.19 bits per heavy atom. The molecule has 3 rings (SSSR count). The maximum absolute atomic E-state index is 5.93. The molecule has 0 fully saturated rings. The van der Waals surface area contributed by atoms with E-state index in [1.54, 1.807) is 0 Å². The predicted octanol–water partition coefficient (Wildman–Crippen LogP) is 3.21. The molecule has 4 nitrogen and oxygen atoms in total. The molecule has 21 heavy (non-hydrogen) atoms. The van der Waals surface area contributed by atoms with Crippen molar-refractivity contribution in [1.29, 1.82) is 0 Å². The Bertz CT molecular complexity index is 667. The third-order valence-corrected chi connectivity index (χ3v) is 3.54. The van der Waals surface area contributed by atoms with Gasteiger partial charge < -0.3 is 15.4 Å². The largest absolute Gasteiger partial charge is 0.480 e. The van der Waals surface area contributed by atoms with Crippen LogP contribution in [-0.4, -0.2) is 23.9 Å². The van der Waals surface area contributed by atoms with Gasteiger partial charge in [0.25, 0.3) is 0 Å². The summed E-state index contributed by atoms with van der Waals surface area (Å²) in [6.07, 6.45) is -0.0898. The lowest BCUT2D eigenvalue weighted by atomic mass is 10.2. The van der Waals surface area contributed by atoms with Crippen molar-refractivity contribution >= 4 is 17.2 Å². The van der Waals surface area contributed by atoms with Crippen molar-refractivity contribution in [1.82, 2.24) is 4.90 Å². The number of rotatable bonds is 2. The molecule has 0 saturated carbocycles. The van der Waals surface area contributed by atoms with E-state index in [-0.39, 0.29) is 6.10 Å². The molecule has 0 saturated heterocycles. The first-order chi connectivity index (χ1) is 10.1. The van der Waals surface area contributed by atoms with Crippen LogP contribution in [0.2, 0.25) is 0 Å². The summed E-state index contributed by atoms with van der Waals surface area (Å²) in [6.45, 7) is 2.81. The van der Waals surface area contributed by atoms with Crippen molar-refractivity contribution in [3.8, 4) is 5.75 Å². The minimum atomic E-state index is -0.0898. The summed E-state index contributed by atoms with van der Waals surface area (Å²) < 4.78 is 5.93. The van der Waals surface area contributed by atoms with E-state index in [2.05, 4.69) is 17.0 Å². The van der Waals surface area contributed by atoms with Crippen molar-refractivity contribution in [2.45, 2.75) is 19.6 Å². The van der Waals surface area contributed by atoms with Gasteiger partial charge in [0.15, 0.2) is 6.10 Å². The van der Waals surface area contributed by atoms with Gasteiger partial charge in [0.05, 0.1) is 0 Å². The number of benzene rings is 2. The van der Waals surface area contributed by atoms with E-state index in [4.69, 9.17) is 15.5 Å². The third kappa shape index (κ3) is 2.84. The average molecular weight is 281 g/mol. The fraction of sp³-hybridized carbons (Fsp3) is 0.235. The molecule has 0 radical (unpaired) electrons. The Hall–Kier alpha value is -2.49. The van der Waals surface area contributed by atoms with Crippen molar-refractivity contribution in [2.75, 3.05) is 12.8 Å². The highest BCUT2D eigenvalue weighted by Gasteiger charge is 2.23. The summed E-state index contributed by atoms with van der Waals surface area (Å²) in [5.41, 5.74) is 8.56. The number of hydrogen-bond donors (Lipinski definition) is 1. The number of fused-ring (bicyclic) bond motifs is 1. The standard InChI is InChI=1S/C17H19N3O/c1-12-17(20(2)11-13-6-4-3-5-7-13)19-15-9-8-14(18)10-16(15)21-12/h3-10,12H,11,18H2,1-2H3. The van der Waals surface area contributed by atoms with Gasteiger partial charge in [0, 0.05) is 25.3 Å². The molecule has 0 amide bonds. The first-order valence-corrected chi connectivity index (χ1v) is 7.03. The molecule has 1 unspecified atom stereocenters. The molecule has 1 heterocycles. The van der Waals surface area contributed by atoms with Crippen LogP contribution in [0.25, 0.3) is 0 Å². The van der Waals surface area contributed by atoms with Gasteiger partial charge in [0.2, 0.25) is 0 Å². The van der Waals surface area contributed by atoms with Crippen molar-refractivity contribution in [3.05, 3.63) is 54.1 Å². The van der Waals surface area contributed by atoms with Crippen LogP contribution in [0.15, 0.2) is 53.5 Å². The van der Waals surface area contributed by atoms with E-state index in [1.165, 1.54) is 5.56 Å². The summed E-state index contributed by atoms with van der Waals surface area (Å²) in [5, 5.41) is 0. The third-order valence-electron chi connectivity index (χ3n) is 3.54. The zero-order valence-corrected chi connectivity index (χ0v) is 12.3. The number of nitrogen functional groups attached to an aromatic ring is 1. The molecule has 4 heteroatoms. The quantitative estimate of drug-likeness (QED) is 0.860. The van der Waals surface area contributed by atoms with Crippen LogP contribution in [-0.2, 0) is 6.54 Å². The Morgan fingerprint density at radius 2 is 1.95 bits per heavy atom. The molecular formula is C17H19N3O. The Kier molecular flexibility index (Phi) is 3.52. The molecule has 1 atom stereocenters. The number of ether oxygens (including phenoxy) is 1. The van der Waals surface area contributed by atoms with Crippen LogP contribution < -0.4 is 10.5 Å². The van der Waals surface area contributed by atoms with Gasteiger partial charge in [-0.3, -0.25) is 0 Å². The monoisotopic (exact) mass is 281 g/mol. The number of nitrogens with two attached hydrogens (primary N) is 1. The van der Waals surface area contributed by atoms with E-state index in [0.29, 0.717) is 5.69 Å². The van der Waals surface area contributed by atoms with Crippen LogP contribution in [0, 0.1) is 0 Å². The molecule has 1 aliphatic heterocycles. The summed E-state index contributed by atoms with van der Waals surface area (Å²) in [7, 11) is 2.04. The summed E-state index contributed by atoms with van der Waals surface area (Å²) in [5.74, 6) is 1.68. The lowest BCUT2D eigenvalue weighted by Gasteiger charge is -2.30. The zero-order valence-electron chi connectivity index (χ0n) is 12.3. The second kappa shape index (κ2) is 5.48. The van der Waals surface area contributed by atoms with E-state index >= 15 is 0 Å². The number of nitrogens with zero attached hydrogens (tertiary/aromatic N) is 2. The zero-order chi connectivity index (χ0) is 14.8. The molecule has 2 aromatic rings. The van der Waals surface area contributed by atoms with E-state index in [9.17, 15) is 0 Å². The van der Waals surface area contributed by atoms with Gasteiger partial charge in [-0.25, -0.2) is 4.99 Å². The second-order valence-electron chi connectivity index (χ2n) is 5.30. The minimum absolute atomic E-state index is 0.0898. The predicted molar refractivity (Wildman–Crippen MR) is 85.9 cm³/mol. The van der Waals surface area contributed by atoms with Crippen molar-refractivity contribution in [3.63, 3.8) is 0 Å². The lowest BCUT2D eigenvalue weighted by molar-refractivity contribution is 0.260. The average Bonchev–Trinajstić information content (AvgIpc) is 2.47. The van der Waals surface area contributed by atoms with Gasteiger partial charge in [0.1, 0.15) is 17.3 Å². The van der Waals surface area contributed by atoms with Crippen LogP contribution in [0.4, 0.5) is 11.4 Å². The fourth-order valence-electron chi connectivity index (χ4n) is 2.51. The normalized spacial score (nSPS) is 16.7. The maximum atomic E-state index is 5.93. The Balaban J connectivity index is 1.85. The van der Waals surface area contributed by atoms with Gasteiger partial charge >= 0.3 is 0 Å². The van der Waals surface area contributed by atoms with Crippen LogP contribution in [0.5, 0.6) is 5.75 Å². The number of hydrogen-bond acceptors (Lipinski definition) is 4. The van der Waals surface area contributed by atoms with Gasteiger partial charge in [-0.1, -0.05) is 30.3 Å². The molecule has 0 bridgehead atoms. The maximum Gasteiger partial charge on any atom is 0.153 e. The molecule has 2 N–H and O–H groups in total. The van der Waals surface area contributed by atoms with E-state index < -0.39 is 0 Å². The van der Waals surface area contributed by atoms with E-state index in [1.807, 2.05) is 50.4 Å². The summed E-state index contributed by atoms with van der Waals surface area (Å²) in [6, 6.07) is 15.9. The lowest BCUT2D eigenvalue weighted by Crippen LogP contribution is -2.39. The molecule has 0 aromatic heterocycles. The molecule has 0 aliphatic carbocycles. The first kappa shape index (κ1) is 13.5. The molecule has 108 valence electrons. The van der Waals surface area contributed by atoms with Crippen LogP contribution in [0.3, 0.4) is 0 Å². The number of amidine groups is 1. The van der Waals surface area contributed by atoms with Gasteiger partial charge in [-0.2, -0.15) is 0 Å². The van der Waals surface area contributed by atoms with Crippen LogP contribution >= 0.6 is 0 Å². The SMILES string of the molecule is CC1Oc2cc(N)ccc2N=C1N(C)Cc1ccccc1. The molecule has 2 aromatic carbocycles. The highest BCUT2D eigenvalue weighted by Crippen LogP contribution is 2.34. The smallest absolute Gasteiger partial charge is 0.153 e. The van der Waals surface area contributed by atoms with E-state index in [0.717, 1.165) is 23.8 Å².